The second-order valence-electron chi connectivity index (χ2n) is 4.55. The smallest absolute Gasteiger partial charge is 0.335 e. The first-order valence-corrected chi connectivity index (χ1v) is 5.94. The zero-order valence-electron chi connectivity index (χ0n) is 10.4. The van der Waals surface area contributed by atoms with Crippen molar-refractivity contribution in [2.45, 2.75) is 19.4 Å². The molecule has 2 rings (SSSR count). The maximum Gasteiger partial charge on any atom is 0.335 e. The number of aromatic carboxylic acids is 1. The molecule has 2 N–H and O–H groups in total. The third-order valence-electron chi connectivity index (χ3n) is 3.12. The van der Waals surface area contributed by atoms with E-state index in [4.69, 9.17) is 9.84 Å². The number of halogens is 1. The molecule has 6 heteroatoms. The van der Waals surface area contributed by atoms with Crippen LogP contribution in [0, 0.1) is 11.7 Å². The molecule has 5 nitrogen and oxygen atoms in total. The summed E-state index contributed by atoms with van der Waals surface area (Å²) in [6.45, 7) is 2.40. The van der Waals surface area contributed by atoms with Gasteiger partial charge in [-0.3, -0.25) is 4.79 Å². The highest BCUT2D eigenvalue weighted by atomic mass is 19.1. The molecule has 0 saturated carbocycles. The summed E-state index contributed by atoms with van der Waals surface area (Å²) < 4.78 is 18.9. The number of nitrogens with one attached hydrogen (secondary N) is 1. The molecule has 0 spiro atoms. The highest BCUT2D eigenvalue weighted by Crippen LogP contribution is 2.23. The largest absolute Gasteiger partial charge is 0.478 e. The number of rotatable bonds is 3. The van der Waals surface area contributed by atoms with Gasteiger partial charge in [0.15, 0.2) is 0 Å². The number of carboxylic acid groups (broad SMARTS) is 1. The molecule has 0 aliphatic carbocycles. The first kappa shape index (κ1) is 13.5. The van der Waals surface area contributed by atoms with E-state index in [2.05, 4.69) is 5.32 Å². The van der Waals surface area contributed by atoms with Gasteiger partial charge < -0.3 is 15.2 Å². The van der Waals surface area contributed by atoms with Crippen molar-refractivity contribution in [3.05, 3.63) is 29.6 Å². The third kappa shape index (κ3) is 2.90. The van der Waals surface area contributed by atoms with Crippen LogP contribution in [-0.2, 0) is 9.53 Å². The molecule has 0 radical (unpaired) electrons. The summed E-state index contributed by atoms with van der Waals surface area (Å²) >= 11 is 0. The highest BCUT2D eigenvalue weighted by Gasteiger charge is 2.31. The molecule has 0 aromatic heterocycles. The third-order valence-corrected chi connectivity index (χ3v) is 3.12. The fourth-order valence-corrected chi connectivity index (χ4v) is 1.98. The van der Waals surface area contributed by atoms with Crippen molar-refractivity contribution >= 4 is 17.6 Å². The Balaban J connectivity index is 2.11. The Hall–Kier alpha value is -1.95. The second-order valence-corrected chi connectivity index (χ2v) is 4.55. The molecule has 102 valence electrons. The van der Waals surface area contributed by atoms with Gasteiger partial charge in [-0.25, -0.2) is 9.18 Å². The fourth-order valence-electron chi connectivity index (χ4n) is 1.98. The molecule has 0 bridgehead atoms. The highest BCUT2D eigenvalue weighted by molar-refractivity contribution is 5.95. The van der Waals surface area contributed by atoms with Crippen LogP contribution in [-0.4, -0.2) is 29.7 Å². The van der Waals surface area contributed by atoms with Gasteiger partial charge in [-0.15, -0.1) is 0 Å². The lowest BCUT2D eigenvalue weighted by Crippen LogP contribution is -2.31. The summed E-state index contributed by atoms with van der Waals surface area (Å²) in [6.07, 6.45) is 0.206. The van der Waals surface area contributed by atoms with E-state index in [0.29, 0.717) is 6.61 Å². The Kier molecular flexibility index (Phi) is 3.80. The van der Waals surface area contributed by atoms with Crippen LogP contribution in [0.3, 0.4) is 0 Å². The Morgan fingerprint density at radius 1 is 1.47 bits per heavy atom. The molecule has 1 aromatic carbocycles. The van der Waals surface area contributed by atoms with Crippen molar-refractivity contribution in [3.8, 4) is 0 Å². The van der Waals surface area contributed by atoms with Crippen molar-refractivity contribution in [3.63, 3.8) is 0 Å². The molecule has 2 atom stereocenters. The van der Waals surface area contributed by atoms with Gasteiger partial charge in [0.05, 0.1) is 11.3 Å². The first-order valence-electron chi connectivity index (χ1n) is 5.94. The number of carbonyl (C=O) groups excluding carboxylic acids is 1. The van der Waals surface area contributed by atoms with Crippen LogP contribution in [0.4, 0.5) is 10.1 Å². The van der Waals surface area contributed by atoms with Gasteiger partial charge in [0.1, 0.15) is 11.9 Å². The summed E-state index contributed by atoms with van der Waals surface area (Å²) in [7, 11) is 0. The number of anilines is 1. The maximum absolute atomic E-state index is 13.6. The van der Waals surface area contributed by atoms with Gasteiger partial charge in [-0.1, -0.05) is 6.92 Å². The van der Waals surface area contributed by atoms with E-state index >= 15 is 0 Å². The fraction of sp³-hybridized carbons (Fsp3) is 0.385. The minimum Gasteiger partial charge on any atom is -0.478 e. The number of benzene rings is 1. The zero-order valence-corrected chi connectivity index (χ0v) is 10.4. The van der Waals surface area contributed by atoms with Gasteiger partial charge in [0.2, 0.25) is 0 Å². The van der Waals surface area contributed by atoms with E-state index in [9.17, 15) is 14.0 Å². The lowest BCUT2D eigenvalue weighted by Gasteiger charge is -2.14. The summed E-state index contributed by atoms with van der Waals surface area (Å²) in [6, 6.07) is 3.34. The second kappa shape index (κ2) is 5.36. The number of hydrogen-bond acceptors (Lipinski definition) is 3. The van der Waals surface area contributed by atoms with Gasteiger partial charge >= 0.3 is 5.97 Å². The van der Waals surface area contributed by atoms with Gasteiger partial charge in [-0.2, -0.15) is 0 Å². The molecular weight excluding hydrogens is 253 g/mol. The topological polar surface area (TPSA) is 75.6 Å². The van der Waals surface area contributed by atoms with E-state index < -0.39 is 23.8 Å². The van der Waals surface area contributed by atoms with E-state index in [1.165, 1.54) is 12.1 Å². The van der Waals surface area contributed by atoms with Crippen molar-refractivity contribution < 1.29 is 23.8 Å². The molecule has 2 unspecified atom stereocenters. The Bertz CT molecular complexity index is 517. The van der Waals surface area contributed by atoms with Crippen LogP contribution >= 0.6 is 0 Å². The Morgan fingerprint density at radius 2 is 2.21 bits per heavy atom. The van der Waals surface area contributed by atoms with E-state index in [1.807, 2.05) is 6.92 Å². The molecular formula is C13H14FNO4. The van der Waals surface area contributed by atoms with Crippen LogP contribution in [0.5, 0.6) is 0 Å². The molecule has 1 fully saturated rings. The predicted molar refractivity (Wildman–Crippen MR) is 65.5 cm³/mol. The van der Waals surface area contributed by atoms with E-state index in [-0.39, 0.29) is 17.2 Å². The number of carboxylic acids is 1. The molecule has 1 saturated heterocycles. The van der Waals surface area contributed by atoms with Gasteiger partial charge in [0, 0.05) is 6.61 Å². The molecule has 19 heavy (non-hydrogen) atoms. The number of carbonyl (C=O) groups is 2. The van der Waals surface area contributed by atoms with Crippen LogP contribution < -0.4 is 5.32 Å². The average Bonchev–Trinajstić information content (AvgIpc) is 2.77. The SMILES string of the molecule is CC1CCOC1C(=O)Nc1ccc(C(=O)O)cc1F. The summed E-state index contributed by atoms with van der Waals surface area (Å²) in [5.41, 5.74) is -0.210. The molecule has 1 aromatic rings. The van der Waals surface area contributed by atoms with Gasteiger partial charge in [0.25, 0.3) is 5.91 Å². The number of ether oxygens (including phenoxy) is 1. The predicted octanol–water partition coefficient (Wildman–Crippen LogP) is 1.89. The standard InChI is InChI=1S/C13H14FNO4/c1-7-4-5-19-11(7)12(16)15-10-3-2-8(13(17)18)6-9(10)14/h2-3,6-7,11H,4-5H2,1H3,(H,15,16)(H,17,18). The number of amides is 1. The minimum absolute atomic E-state index is 0.0438. The van der Waals surface area contributed by atoms with Crippen molar-refractivity contribution in [1.29, 1.82) is 0 Å². The Morgan fingerprint density at radius 3 is 2.74 bits per heavy atom. The van der Waals surface area contributed by atoms with Crippen LogP contribution in [0.25, 0.3) is 0 Å². The molecule has 1 aliphatic rings. The van der Waals surface area contributed by atoms with Crippen LogP contribution in [0.15, 0.2) is 18.2 Å². The quantitative estimate of drug-likeness (QED) is 0.876. The minimum atomic E-state index is -1.22. The van der Waals surface area contributed by atoms with Crippen molar-refractivity contribution in [1.82, 2.24) is 0 Å². The first-order chi connectivity index (χ1) is 8.99. The van der Waals surface area contributed by atoms with Gasteiger partial charge in [-0.05, 0) is 30.5 Å². The normalized spacial score (nSPS) is 22.2. The lowest BCUT2D eigenvalue weighted by molar-refractivity contribution is -0.126. The van der Waals surface area contributed by atoms with E-state index in [0.717, 1.165) is 12.5 Å². The van der Waals surface area contributed by atoms with Crippen LogP contribution in [0.2, 0.25) is 0 Å². The Labute approximate surface area is 109 Å². The monoisotopic (exact) mass is 267 g/mol. The summed E-state index contributed by atoms with van der Waals surface area (Å²) in [4.78, 5) is 22.5. The number of hydrogen-bond donors (Lipinski definition) is 2. The maximum atomic E-state index is 13.6. The van der Waals surface area contributed by atoms with Crippen molar-refractivity contribution in [2.24, 2.45) is 5.92 Å². The van der Waals surface area contributed by atoms with E-state index in [1.54, 1.807) is 0 Å². The zero-order chi connectivity index (χ0) is 14.0. The average molecular weight is 267 g/mol. The van der Waals surface area contributed by atoms with Crippen molar-refractivity contribution in [2.75, 3.05) is 11.9 Å². The van der Waals surface area contributed by atoms with Crippen LogP contribution in [0.1, 0.15) is 23.7 Å². The molecule has 1 amide bonds. The molecule has 1 heterocycles. The summed E-state index contributed by atoms with van der Waals surface area (Å²) in [5.74, 6) is -2.32. The summed E-state index contributed by atoms with van der Waals surface area (Å²) in [5, 5.41) is 11.1. The lowest BCUT2D eigenvalue weighted by atomic mass is 10.0. The molecule has 1 aliphatic heterocycles.